The van der Waals surface area contributed by atoms with Crippen molar-refractivity contribution < 1.29 is 9.53 Å². The van der Waals surface area contributed by atoms with Gasteiger partial charge in [0.2, 0.25) is 5.91 Å². The Hall–Kier alpha value is -1.88. The molecule has 2 aliphatic carbocycles. The van der Waals surface area contributed by atoms with E-state index < -0.39 is 0 Å². The molecule has 1 aromatic heterocycles. The fourth-order valence-corrected chi connectivity index (χ4v) is 6.45. The molecular formula is C24H33N3O2. The van der Waals surface area contributed by atoms with Crippen LogP contribution < -0.4 is 0 Å². The number of methoxy groups -OCH3 is 1. The van der Waals surface area contributed by atoms with Crippen LogP contribution in [0.5, 0.6) is 0 Å². The lowest BCUT2D eigenvalue weighted by atomic mass is 9.51. The molecule has 1 aliphatic heterocycles. The standard InChI is InChI=1S/C24H33N3O2/c1-23(2)20-13-17-18(9-10-19-21(17)26-14-25-19)24(23,3)11-12-27(20)22(28)15-5-7-16(29-4)8-6-15/h9-10,14-16,20H,5-8,11-13H2,1-4H3,(H,25,26)/t15?,16?,20-,24+/m1/s1. The topological polar surface area (TPSA) is 58.2 Å². The quantitative estimate of drug-likeness (QED) is 0.829. The van der Waals surface area contributed by atoms with E-state index in [9.17, 15) is 4.79 Å². The Morgan fingerprint density at radius 2 is 1.97 bits per heavy atom. The van der Waals surface area contributed by atoms with Crippen LogP contribution in [-0.2, 0) is 21.4 Å². The van der Waals surface area contributed by atoms with Crippen molar-refractivity contribution in [3.05, 3.63) is 29.6 Å². The first-order valence-corrected chi connectivity index (χ1v) is 11.2. The molecule has 0 spiro atoms. The van der Waals surface area contributed by atoms with Crippen LogP contribution >= 0.6 is 0 Å². The number of piperidine rings is 1. The number of amides is 1. The summed E-state index contributed by atoms with van der Waals surface area (Å²) in [6.07, 6.45) is 7.95. The molecule has 0 radical (unpaired) electrons. The molecule has 2 aromatic rings. The lowest BCUT2D eigenvalue weighted by Gasteiger charge is -2.61. The van der Waals surface area contributed by atoms with Crippen LogP contribution in [0.1, 0.15) is 64.0 Å². The summed E-state index contributed by atoms with van der Waals surface area (Å²) in [7, 11) is 1.79. The fourth-order valence-electron chi connectivity index (χ4n) is 6.45. The van der Waals surface area contributed by atoms with Crippen LogP contribution in [0.25, 0.3) is 11.0 Å². The van der Waals surface area contributed by atoms with Crippen molar-refractivity contribution in [2.24, 2.45) is 11.3 Å². The van der Waals surface area contributed by atoms with E-state index in [1.54, 1.807) is 13.4 Å². The van der Waals surface area contributed by atoms with Crippen LogP contribution in [0.2, 0.25) is 0 Å². The maximum Gasteiger partial charge on any atom is 0.225 e. The van der Waals surface area contributed by atoms with Crippen molar-refractivity contribution >= 4 is 16.9 Å². The fraction of sp³-hybridized carbons (Fsp3) is 0.667. The van der Waals surface area contributed by atoms with Gasteiger partial charge >= 0.3 is 0 Å². The predicted molar refractivity (Wildman–Crippen MR) is 114 cm³/mol. The normalized spacial score (nSPS) is 33.5. The summed E-state index contributed by atoms with van der Waals surface area (Å²) in [6.45, 7) is 8.01. The summed E-state index contributed by atoms with van der Waals surface area (Å²) in [5, 5.41) is 0. The Balaban J connectivity index is 1.50. The largest absolute Gasteiger partial charge is 0.381 e. The van der Waals surface area contributed by atoms with Gasteiger partial charge in [0.05, 0.1) is 23.5 Å². The number of ether oxygens (including phenoxy) is 1. The third-order valence-electron chi connectivity index (χ3n) is 8.81. The number of rotatable bonds is 2. The van der Waals surface area contributed by atoms with Gasteiger partial charge in [0.25, 0.3) is 0 Å². The van der Waals surface area contributed by atoms with E-state index in [4.69, 9.17) is 4.74 Å². The summed E-state index contributed by atoms with van der Waals surface area (Å²) in [5.41, 5.74) is 5.05. The molecule has 5 nitrogen and oxygen atoms in total. The first-order chi connectivity index (χ1) is 13.9. The number of hydrogen-bond acceptors (Lipinski definition) is 3. The number of likely N-dealkylation sites (tertiary alicyclic amines) is 1. The van der Waals surface area contributed by atoms with Crippen molar-refractivity contribution in [3.63, 3.8) is 0 Å². The first-order valence-electron chi connectivity index (χ1n) is 11.2. The smallest absolute Gasteiger partial charge is 0.225 e. The molecule has 0 unspecified atom stereocenters. The maximum atomic E-state index is 13.6. The maximum absolute atomic E-state index is 13.6. The zero-order valence-corrected chi connectivity index (χ0v) is 18.1. The molecule has 2 atom stereocenters. The highest BCUT2D eigenvalue weighted by molar-refractivity contribution is 5.83. The highest BCUT2D eigenvalue weighted by atomic mass is 16.5. The Morgan fingerprint density at radius 3 is 2.69 bits per heavy atom. The number of carbonyl (C=O) groups excluding carboxylic acids is 1. The second-order valence-electron chi connectivity index (χ2n) is 10.2. The SMILES string of the molecule is COC1CCC(C(=O)N2CC[C@@]3(C)c4ccc5[nH]cnc5c4C[C@@H]2C3(C)C)CC1. The minimum Gasteiger partial charge on any atom is -0.381 e. The number of nitrogens with zero attached hydrogens (tertiary/aromatic N) is 2. The van der Waals surface area contributed by atoms with Crippen LogP contribution in [0.4, 0.5) is 0 Å². The average molecular weight is 396 g/mol. The Kier molecular flexibility index (Phi) is 4.32. The molecule has 5 heteroatoms. The Labute approximate surface area is 173 Å². The number of nitrogens with one attached hydrogen (secondary N) is 1. The van der Waals surface area contributed by atoms with Crippen molar-refractivity contribution in [3.8, 4) is 0 Å². The van der Waals surface area contributed by atoms with E-state index in [1.807, 2.05) is 0 Å². The first kappa shape index (κ1) is 19.1. The van der Waals surface area contributed by atoms with Gasteiger partial charge in [-0.05, 0) is 61.1 Å². The van der Waals surface area contributed by atoms with Gasteiger partial charge in [-0.2, -0.15) is 0 Å². The minimum atomic E-state index is 0.0294. The number of H-pyrrole nitrogens is 1. The van der Waals surface area contributed by atoms with E-state index in [2.05, 4.69) is 47.8 Å². The Morgan fingerprint density at radius 1 is 1.21 bits per heavy atom. The van der Waals surface area contributed by atoms with Crippen molar-refractivity contribution in [2.45, 2.75) is 76.9 Å². The van der Waals surface area contributed by atoms with Gasteiger partial charge in [0.1, 0.15) is 0 Å². The number of fused-ring (bicyclic) bond motifs is 6. The second-order valence-corrected chi connectivity index (χ2v) is 10.2. The average Bonchev–Trinajstić information content (AvgIpc) is 3.19. The summed E-state index contributed by atoms with van der Waals surface area (Å²) >= 11 is 0. The van der Waals surface area contributed by atoms with Gasteiger partial charge in [-0.1, -0.05) is 26.8 Å². The molecule has 3 aliphatic rings. The van der Waals surface area contributed by atoms with E-state index >= 15 is 0 Å². The van der Waals surface area contributed by atoms with Gasteiger partial charge < -0.3 is 14.6 Å². The number of hydrogen-bond donors (Lipinski definition) is 1. The zero-order chi connectivity index (χ0) is 20.4. The lowest BCUT2D eigenvalue weighted by Crippen LogP contribution is -2.65. The van der Waals surface area contributed by atoms with Crippen molar-refractivity contribution in [2.75, 3.05) is 13.7 Å². The molecule has 1 amide bonds. The van der Waals surface area contributed by atoms with Gasteiger partial charge in [-0.25, -0.2) is 4.98 Å². The molecule has 2 bridgehead atoms. The number of aromatic amines is 1. The molecule has 29 heavy (non-hydrogen) atoms. The number of aromatic nitrogens is 2. The molecule has 5 rings (SSSR count). The number of carbonyl (C=O) groups is 1. The van der Waals surface area contributed by atoms with E-state index in [0.29, 0.717) is 12.0 Å². The molecule has 2 fully saturated rings. The van der Waals surface area contributed by atoms with Gasteiger partial charge in [-0.3, -0.25) is 4.79 Å². The van der Waals surface area contributed by atoms with Gasteiger partial charge in [-0.15, -0.1) is 0 Å². The van der Waals surface area contributed by atoms with E-state index in [0.717, 1.165) is 56.1 Å². The van der Waals surface area contributed by atoms with Crippen LogP contribution in [0.3, 0.4) is 0 Å². The Bertz CT molecular complexity index is 941. The molecule has 1 aromatic carbocycles. The van der Waals surface area contributed by atoms with E-state index in [-0.39, 0.29) is 22.8 Å². The molecular weight excluding hydrogens is 362 g/mol. The van der Waals surface area contributed by atoms with Gasteiger partial charge in [0, 0.05) is 31.0 Å². The third-order valence-corrected chi connectivity index (χ3v) is 8.81. The zero-order valence-electron chi connectivity index (χ0n) is 18.1. The lowest BCUT2D eigenvalue weighted by molar-refractivity contribution is -0.150. The van der Waals surface area contributed by atoms with Crippen molar-refractivity contribution in [1.82, 2.24) is 14.9 Å². The van der Waals surface area contributed by atoms with Gasteiger partial charge in [0.15, 0.2) is 0 Å². The number of benzene rings is 1. The third kappa shape index (κ3) is 2.62. The van der Waals surface area contributed by atoms with Crippen LogP contribution in [-0.4, -0.2) is 46.6 Å². The highest BCUT2D eigenvalue weighted by Crippen LogP contribution is 2.57. The highest BCUT2D eigenvalue weighted by Gasteiger charge is 2.57. The van der Waals surface area contributed by atoms with Crippen LogP contribution in [0.15, 0.2) is 18.5 Å². The summed E-state index contributed by atoms with van der Waals surface area (Å²) in [6, 6.07) is 4.70. The summed E-state index contributed by atoms with van der Waals surface area (Å²) in [5.74, 6) is 0.529. The van der Waals surface area contributed by atoms with Crippen molar-refractivity contribution in [1.29, 1.82) is 0 Å². The molecule has 156 valence electrons. The summed E-state index contributed by atoms with van der Waals surface area (Å²) in [4.78, 5) is 23.8. The molecule has 1 N–H and O–H groups in total. The molecule has 1 saturated carbocycles. The summed E-state index contributed by atoms with van der Waals surface area (Å²) < 4.78 is 5.51. The predicted octanol–water partition coefficient (Wildman–Crippen LogP) is 4.21. The monoisotopic (exact) mass is 395 g/mol. The number of imidazole rings is 1. The second kappa shape index (κ2) is 6.56. The molecule has 1 saturated heterocycles. The minimum absolute atomic E-state index is 0.0294. The van der Waals surface area contributed by atoms with E-state index in [1.165, 1.54) is 11.1 Å². The van der Waals surface area contributed by atoms with Crippen LogP contribution in [0, 0.1) is 11.3 Å². The molecule has 2 heterocycles.